The third kappa shape index (κ3) is 5.94. The zero-order valence-corrected chi connectivity index (χ0v) is 21.1. The summed E-state index contributed by atoms with van der Waals surface area (Å²) in [7, 11) is -3.98. The minimum Gasteiger partial charge on any atom is -0.355 e. The summed E-state index contributed by atoms with van der Waals surface area (Å²) in [5.74, 6) is -1.10. The second-order valence-electron chi connectivity index (χ2n) is 8.92. The van der Waals surface area contributed by atoms with Crippen LogP contribution in [-0.2, 0) is 21.0 Å². The van der Waals surface area contributed by atoms with Crippen molar-refractivity contribution in [2.75, 3.05) is 18.4 Å². The zero-order chi connectivity index (χ0) is 26.8. The minimum atomic E-state index is -4.61. The fourth-order valence-electron chi connectivity index (χ4n) is 4.21. The monoisotopic (exact) mass is 533 g/mol. The van der Waals surface area contributed by atoms with Crippen molar-refractivity contribution in [3.8, 4) is 0 Å². The lowest BCUT2D eigenvalue weighted by Gasteiger charge is -2.30. The lowest BCUT2D eigenvalue weighted by molar-refractivity contribution is -0.137. The van der Waals surface area contributed by atoms with E-state index >= 15 is 0 Å². The van der Waals surface area contributed by atoms with Crippen molar-refractivity contribution in [1.29, 1.82) is 0 Å². The van der Waals surface area contributed by atoms with Crippen LogP contribution in [0, 0.1) is 19.8 Å². The fourth-order valence-corrected chi connectivity index (χ4v) is 5.93. The highest BCUT2D eigenvalue weighted by molar-refractivity contribution is 7.89. The largest absolute Gasteiger partial charge is 0.418 e. The molecule has 1 amide bonds. The summed E-state index contributed by atoms with van der Waals surface area (Å²) in [6.07, 6.45) is -0.997. The Morgan fingerprint density at radius 3 is 2.35 bits per heavy atom. The SMILES string of the molecule is Cc1ccc(C=Cc2onc(C)c2S(=O)(=O)N2CCC(C(=O)Nc3ccccc3C(F)(F)F)CC2)cc1. The number of piperidine rings is 1. The third-order valence-electron chi connectivity index (χ3n) is 6.25. The number of amides is 1. The first-order valence-corrected chi connectivity index (χ1v) is 13.1. The molecule has 0 saturated carbocycles. The van der Waals surface area contributed by atoms with Crippen LogP contribution in [0.15, 0.2) is 57.9 Å². The number of nitrogens with zero attached hydrogens (tertiary/aromatic N) is 2. The van der Waals surface area contributed by atoms with Crippen molar-refractivity contribution in [3.63, 3.8) is 0 Å². The van der Waals surface area contributed by atoms with Gasteiger partial charge in [0.25, 0.3) is 0 Å². The maximum Gasteiger partial charge on any atom is 0.418 e. The Morgan fingerprint density at radius 2 is 1.70 bits per heavy atom. The number of alkyl halides is 3. The van der Waals surface area contributed by atoms with E-state index in [0.29, 0.717) is 0 Å². The van der Waals surface area contributed by atoms with Crippen molar-refractivity contribution in [1.82, 2.24) is 9.46 Å². The topological polar surface area (TPSA) is 92.5 Å². The number of rotatable bonds is 6. The number of nitrogens with one attached hydrogen (secondary N) is 1. The average molecular weight is 534 g/mol. The Bertz CT molecular complexity index is 1410. The van der Waals surface area contributed by atoms with Crippen molar-refractivity contribution >= 4 is 33.8 Å². The second-order valence-corrected chi connectivity index (χ2v) is 10.8. The van der Waals surface area contributed by atoms with Crippen molar-refractivity contribution in [2.45, 2.75) is 37.8 Å². The Kier molecular flexibility index (Phi) is 7.56. The number of para-hydroxylation sites is 1. The highest BCUT2D eigenvalue weighted by atomic mass is 32.2. The molecule has 0 aliphatic carbocycles. The first-order chi connectivity index (χ1) is 17.5. The van der Waals surface area contributed by atoms with E-state index < -0.39 is 33.6 Å². The normalized spacial score (nSPS) is 15.8. The number of hydrogen-bond donors (Lipinski definition) is 1. The quantitative estimate of drug-likeness (QED) is 0.451. The fraction of sp³-hybridized carbons (Fsp3) is 0.308. The van der Waals surface area contributed by atoms with Gasteiger partial charge in [-0.1, -0.05) is 53.2 Å². The molecule has 2 aromatic carbocycles. The molecule has 7 nitrogen and oxygen atoms in total. The van der Waals surface area contributed by atoms with Crippen molar-refractivity contribution in [3.05, 3.63) is 76.7 Å². The van der Waals surface area contributed by atoms with Crippen LogP contribution in [-0.4, -0.2) is 36.9 Å². The number of sulfonamides is 1. The van der Waals surface area contributed by atoms with E-state index in [-0.39, 0.29) is 48.0 Å². The molecule has 196 valence electrons. The molecule has 1 N–H and O–H groups in total. The Morgan fingerprint density at radius 1 is 1.05 bits per heavy atom. The van der Waals surface area contributed by atoms with E-state index in [4.69, 9.17) is 4.52 Å². The first kappa shape index (κ1) is 26.6. The van der Waals surface area contributed by atoms with Gasteiger partial charge in [-0.3, -0.25) is 4.79 Å². The molecule has 1 aliphatic heterocycles. The number of aryl methyl sites for hydroxylation is 2. The molecule has 3 aromatic rings. The maximum absolute atomic E-state index is 13.4. The molecule has 0 atom stereocenters. The molecular formula is C26H26F3N3O4S. The number of benzene rings is 2. The molecule has 1 saturated heterocycles. The summed E-state index contributed by atoms with van der Waals surface area (Å²) < 4.78 is 73.2. The van der Waals surface area contributed by atoms with E-state index in [0.717, 1.165) is 17.2 Å². The molecule has 0 unspecified atom stereocenters. The predicted octanol–water partition coefficient (Wildman–Crippen LogP) is 5.52. The Hall–Kier alpha value is -3.44. The van der Waals surface area contributed by atoms with Gasteiger partial charge in [0.1, 0.15) is 5.69 Å². The van der Waals surface area contributed by atoms with Crippen LogP contribution in [0.3, 0.4) is 0 Å². The van der Waals surface area contributed by atoms with Gasteiger partial charge in [0.05, 0.1) is 11.3 Å². The molecule has 0 spiro atoms. The number of anilines is 1. The molecule has 0 radical (unpaired) electrons. The molecular weight excluding hydrogens is 507 g/mol. The van der Waals surface area contributed by atoms with Crippen LogP contribution < -0.4 is 5.32 Å². The highest BCUT2D eigenvalue weighted by Crippen LogP contribution is 2.35. The van der Waals surface area contributed by atoms with Gasteiger partial charge < -0.3 is 9.84 Å². The summed E-state index contributed by atoms with van der Waals surface area (Å²) in [6.45, 7) is 3.57. The van der Waals surface area contributed by atoms with Crippen LogP contribution >= 0.6 is 0 Å². The van der Waals surface area contributed by atoms with Crippen LogP contribution in [0.2, 0.25) is 0 Å². The number of hydrogen-bond acceptors (Lipinski definition) is 5. The van der Waals surface area contributed by atoms with E-state index in [1.54, 1.807) is 12.2 Å². The van der Waals surface area contributed by atoms with Gasteiger partial charge in [-0.15, -0.1) is 0 Å². The van der Waals surface area contributed by atoms with Crippen LogP contribution in [0.4, 0.5) is 18.9 Å². The summed E-state index contributed by atoms with van der Waals surface area (Å²) in [6, 6.07) is 12.4. The van der Waals surface area contributed by atoms with Crippen LogP contribution in [0.1, 0.15) is 41.0 Å². The second kappa shape index (κ2) is 10.5. The van der Waals surface area contributed by atoms with E-state index in [1.807, 2.05) is 31.2 Å². The molecule has 1 aromatic heterocycles. The van der Waals surface area contributed by atoms with Gasteiger partial charge >= 0.3 is 6.18 Å². The summed E-state index contributed by atoms with van der Waals surface area (Å²) in [4.78, 5) is 12.7. The molecule has 4 rings (SSSR count). The predicted molar refractivity (Wildman–Crippen MR) is 133 cm³/mol. The summed E-state index contributed by atoms with van der Waals surface area (Å²) in [5.41, 5.74) is 0.921. The molecule has 0 bridgehead atoms. The minimum absolute atomic E-state index is 0.0348. The molecule has 1 aliphatic rings. The van der Waals surface area contributed by atoms with Crippen molar-refractivity contribution in [2.24, 2.45) is 5.92 Å². The number of aromatic nitrogens is 1. The standard InChI is InChI=1S/C26H26F3N3O4S/c1-17-7-9-19(10-8-17)11-12-23-24(18(2)31-36-23)37(34,35)32-15-13-20(14-16-32)25(33)30-22-6-4-3-5-21(22)26(27,28)29/h3-12,20H,13-16H2,1-2H3,(H,30,33). The van der Waals surface area contributed by atoms with Crippen LogP contribution in [0.25, 0.3) is 12.2 Å². The van der Waals surface area contributed by atoms with Crippen molar-refractivity contribution < 1.29 is 30.9 Å². The lowest BCUT2D eigenvalue weighted by Crippen LogP contribution is -2.41. The van der Waals surface area contributed by atoms with Gasteiger partial charge in [-0.25, -0.2) is 8.42 Å². The molecule has 11 heteroatoms. The lowest BCUT2D eigenvalue weighted by atomic mass is 9.97. The van der Waals surface area contributed by atoms with Gasteiger partial charge in [0.15, 0.2) is 10.7 Å². The van der Waals surface area contributed by atoms with E-state index in [1.165, 1.54) is 29.4 Å². The van der Waals surface area contributed by atoms with E-state index in [2.05, 4.69) is 10.5 Å². The highest BCUT2D eigenvalue weighted by Gasteiger charge is 2.37. The summed E-state index contributed by atoms with van der Waals surface area (Å²) >= 11 is 0. The number of halogens is 3. The maximum atomic E-state index is 13.4. The van der Waals surface area contributed by atoms with Gasteiger partial charge in [0, 0.05) is 19.0 Å². The average Bonchev–Trinajstić information content (AvgIpc) is 3.24. The number of carbonyl (C=O) groups excluding carboxylic acids is 1. The van der Waals surface area contributed by atoms with Crippen LogP contribution in [0.5, 0.6) is 0 Å². The van der Waals surface area contributed by atoms with Gasteiger partial charge in [0.2, 0.25) is 15.9 Å². The third-order valence-corrected chi connectivity index (χ3v) is 8.31. The molecule has 2 heterocycles. The first-order valence-electron chi connectivity index (χ1n) is 11.6. The van der Waals surface area contributed by atoms with Gasteiger partial charge in [-0.2, -0.15) is 17.5 Å². The summed E-state index contributed by atoms with van der Waals surface area (Å²) in [5, 5.41) is 6.19. The smallest absolute Gasteiger partial charge is 0.355 e. The molecule has 1 fully saturated rings. The number of carbonyl (C=O) groups is 1. The Balaban J connectivity index is 1.45. The van der Waals surface area contributed by atoms with Gasteiger partial charge in [-0.05, 0) is 50.5 Å². The molecule has 37 heavy (non-hydrogen) atoms. The Labute approximate surface area is 213 Å². The van der Waals surface area contributed by atoms with E-state index in [9.17, 15) is 26.4 Å². The zero-order valence-electron chi connectivity index (χ0n) is 20.2.